The summed E-state index contributed by atoms with van der Waals surface area (Å²) in [4.78, 5) is 11.2. The third-order valence-corrected chi connectivity index (χ3v) is 1.97. The summed E-state index contributed by atoms with van der Waals surface area (Å²) in [5.74, 6) is -0.00870. The number of hydrogen-bond donors (Lipinski definition) is 1. The first-order valence-corrected chi connectivity index (χ1v) is 5.48. The van der Waals surface area contributed by atoms with E-state index < -0.39 is 6.04 Å². The van der Waals surface area contributed by atoms with Crippen LogP contribution in [0, 0.1) is 0 Å². The number of carbonyl (C=O) groups excluding carboxylic acids is 1. The van der Waals surface area contributed by atoms with Gasteiger partial charge in [0.15, 0.2) is 5.78 Å². The molecule has 1 rings (SSSR count). The lowest BCUT2D eigenvalue weighted by Gasteiger charge is -2.02. The molecule has 2 heteroatoms. The van der Waals surface area contributed by atoms with E-state index in [9.17, 15) is 4.79 Å². The van der Waals surface area contributed by atoms with Crippen molar-refractivity contribution in [3.05, 3.63) is 35.9 Å². The molecule has 1 aromatic carbocycles. The summed E-state index contributed by atoms with van der Waals surface area (Å²) in [6, 6.07) is 8.66. The maximum Gasteiger partial charge on any atom is 0.179 e. The van der Waals surface area contributed by atoms with Crippen molar-refractivity contribution in [1.29, 1.82) is 0 Å². The molecule has 0 bridgehead atoms. The lowest BCUT2D eigenvalue weighted by atomic mass is 10.1. The van der Waals surface area contributed by atoms with Crippen molar-refractivity contribution in [3.8, 4) is 0 Å². The van der Waals surface area contributed by atoms with Crippen molar-refractivity contribution in [3.63, 3.8) is 0 Å². The van der Waals surface area contributed by atoms with Crippen molar-refractivity contribution in [2.75, 3.05) is 0 Å². The van der Waals surface area contributed by atoms with Crippen molar-refractivity contribution in [2.45, 2.75) is 39.7 Å². The van der Waals surface area contributed by atoms with Crippen LogP contribution in [-0.4, -0.2) is 11.8 Å². The fourth-order valence-corrected chi connectivity index (χ4v) is 0.865. The Morgan fingerprint density at radius 2 is 1.67 bits per heavy atom. The first-order valence-electron chi connectivity index (χ1n) is 5.48. The summed E-state index contributed by atoms with van der Waals surface area (Å²) in [7, 11) is 0. The van der Waals surface area contributed by atoms with Gasteiger partial charge in [-0.25, -0.2) is 0 Å². The summed E-state index contributed by atoms with van der Waals surface area (Å²) in [6.07, 6.45) is 2.64. The molecule has 1 atom stereocenters. The van der Waals surface area contributed by atoms with Crippen molar-refractivity contribution < 1.29 is 4.79 Å². The molecule has 0 aliphatic carbocycles. The number of carbonyl (C=O) groups is 1. The van der Waals surface area contributed by atoms with Crippen LogP contribution >= 0.6 is 0 Å². The molecule has 0 spiro atoms. The molecule has 0 fully saturated rings. The van der Waals surface area contributed by atoms with E-state index in [2.05, 4.69) is 13.8 Å². The second kappa shape index (κ2) is 8.18. The Balaban J connectivity index is 0.000000423. The highest BCUT2D eigenvalue weighted by Crippen LogP contribution is 2.01. The predicted octanol–water partition coefficient (Wildman–Crippen LogP) is 3.02. The van der Waals surface area contributed by atoms with Gasteiger partial charge in [-0.1, -0.05) is 57.0 Å². The van der Waals surface area contributed by atoms with Crippen LogP contribution in [0.2, 0.25) is 0 Å². The van der Waals surface area contributed by atoms with Crippen LogP contribution in [0.3, 0.4) is 0 Å². The van der Waals surface area contributed by atoms with Crippen LogP contribution in [0.5, 0.6) is 0 Å². The molecule has 2 N–H and O–H groups in total. The van der Waals surface area contributed by atoms with Gasteiger partial charge in [0.25, 0.3) is 0 Å². The number of hydrogen-bond acceptors (Lipinski definition) is 2. The summed E-state index contributed by atoms with van der Waals surface area (Å²) in [5.41, 5.74) is 6.10. The summed E-state index contributed by atoms with van der Waals surface area (Å²) in [5, 5.41) is 0. The van der Waals surface area contributed by atoms with Crippen molar-refractivity contribution in [2.24, 2.45) is 5.73 Å². The minimum Gasteiger partial charge on any atom is -0.321 e. The van der Waals surface area contributed by atoms with Crippen LogP contribution in [0.1, 0.15) is 44.0 Å². The molecule has 84 valence electrons. The number of Topliss-reactive ketones (excluding diaryl/α,β-unsaturated/α-hetero) is 1. The molecule has 0 aromatic heterocycles. The first kappa shape index (κ1) is 13.8. The second-order valence-electron chi connectivity index (χ2n) is 3.52. The molecular formula is C13H21NO. The first-order chi connectivity index (χ1) is 7.13. The van der Waals surface area contributed by atoms with E-state index in [0.29, 0.717) is 5.56 Å². The quantitative estimate of drug-likeness (QED) is 0.774. The minimum atomic E-state index is -0.405. The normalized spacial score (nSPS) is 11.2. The Kier molecular flexibility index (Phi) is 7.56. The molecule has 1 aromatic rings. The number of ketones is 1. The highest BCUT2D eigenvalue weighted by atomic mass is 16.1. The third-order valence-electron chi connectivity index (χ3n) is 1.97. The lowest BCUT2D eigenvalue weighted by Crippen LogP contribution is -2.26. The largest absolute Gasteiger partial charge is 0.321 e. The van der Waals surface area contributed by atoms with Gasteiger partial charge in [-0.15, -0.1) is 0 Å². The van der Waals surface area contributed by atoms with Crippen LogP contribution in [0.4, 0.5) is 0 Å². The van der Waals surface area contributed by atoms with Gasteiger partial charge in [0, 0.05) is 5.56 Å². The number of unbranched alkanes of at least 4 members (excludes halogenated alkanes) is 1. The SMILES string of the molecule is CCCC.C[C@H](N)C(=O)c1ccccc1. The molecular weight excluding hydrogens is 186 g/mol. The molecule has 0 unspecified atom stereocenters. The summed E-state index contributed by atoms with van der Waals surface area (Å²) in [6.45, 7) is 6.05. The van der Waals surface area contributed by atoms with E-state index >= 15 is 0 Å². The van der Waals surface area contributed by atoms with Gasteiger partial charge in [0.1, 0.15) is 0 Å². The molecule has 15 heavy (non-hydrogen) atoms. The second-order valence-corrected chi connectivity index (χ2v) is 3.52. The van der Waals surface area contributed by atoms with Crippen molar-refractivity contribution in [1.82, 2.24) is 0 Å². The fraction of sp³-hybridized carbons (Fsp3) is 0.462. The molecule has 0 amide bonds. The van der Waals surface area contributed by atoms with Gasteiger partial charge in [-0.05, 0) is 6.92 Å². The predicted molar refractivity (Wildman–Crippen MR) is 65.0 cm³/mol. The van der Waals surface area contributed by atoms with Gasteiger partial charge in [0.2, 0.25) is 0 Å². The number of rotatable bonds is 3. The lowest BCUT2D eigenvalue weighted by molar-refractivity contribution is 0.0968. The highest BCUT2D eigenvalue weighted by Gasteiger charge is 2.08. The minimum absolute atomic E-state index is 0.00870. The summed E-state index contributed by atoms with van der Waals surface area (Å²) < 4.78 is 0. The zero-order chi connectivity index (χ0) is 11.7. The third kappa shape index (κ3) is 6.02. The topological polar surface area (TPSA) is 43.1 Å². The molecule has 0 aliphatic rings. The maximum absolute atomic E-state index is 11.2. The van der Waals surface area contributed by atoms with E-state index in [-0.39, 0.29) is 5.78 Å². The van der Waals surface area contributed by atoms with E-state index in [1.54, 1.807) is 19.1 Å². The molecule has 0 radical (unpaired) electrons. The molecule has 0 heterocycles. The van der Waals surface area contributed by atoms with Crippen molar-refractivity contribution >= 4 is 5.78 Å². The van der Waals surface area contributed by atoms with Crippen LogP contribution < -0.4 is 5.73 Å². The molecule has 0 saturated carbocycles. The summed E-state index contributed by atoms with van der Waals surface area (Å²) >= 11 is 0. The van der Waals surface area contributed by atoms with Gasteiger partial charge in [0.05, 0.1) is 6.04 Å². The van der Waals surface area contributed by atoms with E-state index in [1.165, 1.54) is 12.8 Å². The van der Waals surface area contributed by atoms with Crippen LogP contribution in [-0.2, 0) is 0 Å². The van der Waals surface area contributed by atoms with Crippen LogP contribution in [0.15, 0.2) is 30.3 Å². The zero-order valence-corrected chi connectivity index (χ0v) is 9.86. The van der Waals surface area contributed by atoms with Gasteiger partial charge < -0.3 is 5.73 Å². The van der Waals surface area contributed by atoms with E-state index in [4.69, 9.17) is 5.73 Å². The highest BCUT2D eigenvalue weighted by molar-refractivity contribution is 5.99. The van der Waals surface area contributed by atoms with E-state index in [0.717, 1.165) is 0 Å². The van der Waals surface area contributed by atoms with Crippen LogP contribution in [0.25, 0.3) is 0 Å². The van der Waals surface area contributed by atoms with Gasteiger partial charge in [-0.2, -0.15) is 0 Å². The van der Waals surface area contributed by atoms with Gasteiger partial charge in [-0.3, -0.25) is 4.79 Å². The average Bonchev–Trinajstić information content (AvgIpc) is 2.29. The monoisotopic (exact) mass is 207 g/mol. The number of nitrogens with two attached hydrogens (primary N) is 1. The smallest absolute Gasteiger partial charge is 0.179 e. The fourth-order valence-electron chi connectivity index (χ4n) is 0.865. The molecule has 0 aliphatic heterocycles. The Morgan fingerprint density at radius 3 is 2.00 bits per heavy atom. The van der Waals surface area contributed by atoms with Gasteiger partial charge >= 0.3 is 0 Å². The Labute approximate surface area is 92.5 Å². The molecule has 2 nitrogen and oxygen atoms in total. The van der Waals surface area contributed by atoms with E-state index in [1.807, 2.05) is 18.2 Å². The molecule has 0 saturated heterocycles. The Bertz CT molecular complexity index is 265. The zero-order valence-electron chi connectivity index (χ0n) is 9.86. The maximum atomic E-state index is 11.2. The Hall–Kier alpha value is -1.15. The Morgan fingerprint density at radius 1 is 1.20 bits per heavy atom. The standard InChI is InChI=1S/C9H11NO.C4H10/c1-7(10)9(11)8-5-3-2-4-6-8;1-3-4-2/h2-7H,10H2,1H3;3-4H2,1-2H3/t7-;/m0./s1. The average molecular weight is 207 g/mol. The number of benzene rings is 1.